The average molecular weight is 964 g/mol. The first-order chi connectivity index (χ1) is 33.2. The van der Waals surface area contributed by atoms with Crippen LogP contribution in [0.4, 0.5) is 0 Å². The van der Waals surface area contributed by atoms with E-state index in [4.69, 9.17) is 14.2 Å². The van der Waals surface area contributed by atoms with Gasteiger partial charge in [-0.3, -0.25) is 9.59 Å². The number of hydrogen-bond acceptors (Lipinski definition) is 10. The number of esters is 1. The van der Waals surface area contributed by atoms with E-state index in [1.54, 1.807) is 6.08 Å². The molecule has 0 radical (unpaired) electrons. The Balaban J connectivity index is 2.07. The molecule has 1 heterocycles. The van der Waals surface area contributed by atoms with Crippen LogP contribution in [0.25, 0.3) is 0 Å². The highest BCUT2D eigenvalue weighted by Crippen LogP contribution is 2.23. The van der Waals surface area contributed by atoms with Gasteiger partial charge in [-0.15, -0.1) is 0 Å². The molecular formula is C57H105NO10. The van der Waals surface area contributed by atoms with Crippen molar-refractivity contribution in [2.24, 2.45) is 0 Å². The molecule has 0 aromatic heterocycles. The number of aliphatic hydroxyl groups is 5. The molecule has 0 aromatic rings. The minimum Gasteiger partial charge on any atom is -0.466 e. The summed E-state index contributed by atoms with van der Waals surface area (Å²) >= 11 is 0. The Kier molecular flexibility index (Phi) is 44.4. The van der Waals surface area contributed by atoms with Gasteiger partial charge in [0.05, 0.1) is 32.0 Å². The molecule has 7 unspecified atom stereocenters. The van der Waals surface area contributed by atoms with Crippen LogP contribution in [0.2, 0.25) is 0 Å². The van der Waals surface area contributed by atoms with Gasteiger partial charge in [-0.1, -0.05) is 224 Å². The Bertz CT molecular complexity index is 1230. The van der Waals surface area contributed by atoms with Crippen LogP contribution < -0.4 is 5.32 Å². The van der Waals surface area contributed by atoms with E-state index in [9.17, 15) is 35.1 Å². The van der Waals surface area contributed by atoms with Gasteiger partial charge >= 0.3 is 5.97 Å². The van der Waals surface area contributed by atoms with E-state index in [0.717, 1.165) is 77.0 Å². The van der Waals surface area contributed by atoms with E-state index >= 15 is 0 Å². The summed E-state index contributed by atoms with van der Waals surface area (Å²) in [5.41, 5.74) is 0. The van der Waals surface area contributed by atoms with Crippen molar-refractivity contribution in [1.82, 2.24) is 5.32 Å². The monoisotopic (exact) mass is 964 g/mol. The fraction of sp³-hybridized carbons (Fsp3) is 0.860. The topological polar surface area (TPSA) is 175 Å². The van der Waals surface area contributed by atoms with E-state index in [2.05, 4.69) is 43.5 Å². The number of rotatable bonds is 48. The maximum atomic E-state index is 13.0. The van der Waals surface area contributed by atoms with Gasteiger partial charge in [0.1, 0.15) is 24.4 Å². The Morgan fingerprint density at radius 3 is 1.44 bits per heavy atom. The molecule has 0 aliphatic carbocycles. The van der Waals surface area contributed by atoms with E-state index < -0.39 is 49.5 Å². The van der Waals surface area contributed by atoms with Gasteiger partial charge in [0.15, 0.2) is 6.29 Å². The van der Waals surface area contributed by atoms with Gasteiger partial charge in [0, 0.05) is 12.8 Å². The number of nitrogens with one attached hydrogen (secondary N) is 1. The van der Waals surface area contributed by atoms with Gasteiger partial charge in [-0.2, -0.15) is 0 Å². The second-order valence-corrected chi connectivity index (χ2v) is 19.6. The third-order valence-electron chi connectivity index (χ3n) is 13.2. The van der Waals surface area contributed by atoms with Crippen molar-refractivity contribution >= 4 is 11.9 Å². The van der Waals surface area contributed by atoms with E-state index in [0.29, 0.717) is 19.4 Å². The fourth-order valence-electron chi connectivity index (χ4n) is 8.77. The largest absolute Gasteiger partial charge is 0.466 e. The quantitative estimate of drug-likeness (QED) is 0.0196. The van der Waals surface area contributed by atoms with Crippen LogP contribution in [0.5, 0.6) is 0 Å². The predicted molar refractivity (Wildman–Crippen MR) is 278 cm³/mol. The van der Waals surface area contributed by atoms with Crippen molar-refractivity contribution in [2.75, 3.05) is 19.8 Å². The van der Waals surface area contributed by atoms with Gasteiger partial charge in [0.25, 0.3) is 0 Å². The molecule has 7 atom stereocenters. The van der Waals surface area contributed by atoms with Crippen LogP contribution in [-0.4, -0.2) is 100 Å². The zero-order valence-corrected chi connectivity index (χ0v) is 43.6. The Morgan fingerprint density at radius 2 is 0.971 bits per heavy atom. The van der Waals surface area contributed by atoms with Gasteiger partial charge < -0.3 is 45.1 Å². The highest BCUT2D eigenvalue weighted by atomic mass is 16.7. The molecular weight excluding hydrogens is 859 g/mol. The number of unbranched alkanes of at least 4 members (excludes halogenated alkanes) is 30. The molecule has 11 heteroatoms. The molecule has 0 aromatic carbocycles. The van der Waals surface area contributed by atoms with Gasteiger partial charge in [-0.25, -0.2) is 0 Å². The molecule has 1 saturated heterocycles. The summed E-state index contributed by atoms with van der Waals surface area (Å²) in [5.74, 6) is -0.209. The summed E-state index contributed by atoms with van der Waals surface area (Å²) < 4.78 is 16.6. The normalized spacial score (nSPS) is 19.7. The lowest BCUT2D eigenvalue weighted by atomic mass is 9.99. The molecule has 1 rings (SSSR count). The number of aliphatic hydroxyl groups excluding tert-OH is 5. The Morgan fingerprint density at radius 1 is 0.544 bits per heavy atom. The van der Waals surface area contributed by atoms with Crippen LogP contribution in [0.1, 0.15) is 251 Å². The highest BCUT2D eigenvalue weighted by Gasteiger charge is 2.44. The molecule has 1 aliphatic rings. The number of carbonyl (C=O) groups is 2. The molecule has 68 heavy (non-hydrogen) atoms. The molecule has 11 nitrogen and oxygen atoms in total. The van der Waals surface area contributed by atoms with Crippen LogP contribution in [-0.2, 0) is 23.8 Å². The van der Waals surface area contributed by atoms with Crippen molar-refractivity contribution in [3.8, 4) is 0 Å². The summed E-state index contributed by atoms with van der Waals surface area (Å²) in [7, 11) is 0. The lowest BCUT2D eigenvalue weighted by molar-refractivity contribution is -0.302. The minimum atomic E-state index is -1.58. The van der Waals surface area contributed by atoms with Crippen molar-refractivity contribution in [2.45, 2.75) is 294 Å². The number of carbonyl (C=O) groups excluding carboxylic acids is 2. The second kappa shape index (κ2) is 47.2. The standard InChI is InChI=1S/C57H105NO10/c1-3-5-7-9-11-13-24-29-33-37-41-45-53(62)66-46-42-38-34-30-26-23-21-19-17-15-16-18-20-22-25-28-32-36-40-44-52(61)58-49(48-67-57-56(65)55(64)54(63)51(47-59)68-57)50(60)43-39-35-31-27-14-12-10-8-6-4-2/h6,8,14,27,39,43,49-51,54-57,59-60,63-65H,3-5,7,9-13,15-26,28-38,40-42,44-48H2,1-2H3,(H,58,61)/b8-6+,27-14+,43-39+. The van der Waals surface area contributed by atoms with Gasteiger partial charge in [0.2, 0.25) is 5.91 Å². The molecule has 6 N–H and O–H groups in total. The molecule has 1 amide bonds. The first-order valence-electron chi connectivity index (χ1n) is 28.3. The third kappa shape index (κ3) is 36.8. The lowest BCUT2D eigenvalue weighted by Gasteiger charge is -2.40. The van der Waals surface area contributed by atoms with Crippen molar-refractivity contribution in [3.05, 3.63) is 36.5 Å². The minimum absolute atomic E-state index is 0.00758. The number of ether oxygens (including phenoxy) is 3. The number of allylic oxidation sites excluding steroid dienone is 5. The third-order valence-corrected chi connectivity index (χ3v) is 13.2. The maximum Gasteiger partial charge on any atom is 0.305 e. The van der Waals surface area contributed by atoms with E-state index in [-0.39, 0.29) is 18.5 Å². The molecule has 0 bridgehead atoms. The zero-order valence-electron chi connectivity index (χ0n) is 43.6. The summed E-state index contributed by atoms with van der Waals surface area (Å²) in [4.78, 5) is 25.0. The summed E-state index contributed by atoms with van der Waals surface area (Å²) in [6.45, 7) is 4.18. The zero-order chi connectivity index (χ0) is 49.6. The van der Waals surface area contributed by atoms with E-state index in [1.807, 2.05) is 6.08 Å². The van der Waals surface area contributed by atoms with Crippen molar-refractivity contribution < 1.29 is 49.3 Å². The SMILES string of the molecule is CC/C=C/CC/C=C/CC/C=C/C(O)C(COC1OC(CO)C(O)C(O)C1O)NC(=O)CCCCCCCCCCCCCCCCCCCCCOC(=O)CCCCCCCCCCCCC. The Labute approximate surface area is 415 Å². The van der Waals surface area contributed by atoms with Gasteiger partial charge in [-0.05, 0) is 51.4 Å². The van der Waals surface area contributed by atoms with Crippen LogP contribution in [0, 0.1) is 0 Å². The summed E-state index contributed by atoms with van der Waals surface area (Å²) in [6, 6.07) is -0.835. The maximum absolute atomic E-state index is 13.0. The summed E-state index contributed by atoms with van der Waals surface area (Å²) in [5, 5.41) is 54.1. The Hall–Kier alpha value is -2.12. The van der Waals surface area contributed by atoms with Crippen LogP contribution >= 0.6 is 0 Å². The summed E-state index contributed by atoms with van der Waals surface area (Å²) in [6.07, 6.45) is 46.8. The predicted octanol–water partition coefficient (Wildman–Crippen LogP) is 12.3. The van der Waals surface area contributed by atoms with E-state index in [1.165, 1.54) is 148 Å². The van der Waals surface area contributed by atoms with Crippen LogP contribution in [0.15, 0.2) is 36.5 Å². The first-order valence-corrected chi connectivity index (χ1v) is 28.3. The first kappa shape index (κ1) is 63.9. The smallest absolute Gasteiger partial charge is 0.305 e. The molecule has 0 saturated carbocycles. The lowest BCUT2D eigenvalue weighted by Crippen LogP contribution is -2.60. The second-order valence-electron chi connectivity index (χ2n) is 19.6. The molecule has 1 aliphatic heterocycles. The highest BCUT2D eigenvalue weighted by molar-refractivity contribution is 5.76. The molecule has 1 fully saturated rings. The number of hydrogen-bond donors (Lipinski definition) is 6. The average Bonchev–Trinajstić information content (AvgIpc) is 3.33. The van der Waals surface area contributed by atoms with Crippen LogP contribution in [0.3, 0.4) is 0 Å². The molecule has 0 spiro atoms. The molecule has 398 valence electrons. The van der Waals surface area contributed by atoms with Crippen molar-refractivity contribution in [1.29, 1.82) is 0 Å². The number of amides is 1. The fourth-order valence-corrected chi connectivity index (χ4v) is 8.77. The van der Waals surface area contributed by atoms with Crippen molar-refractivity contribution in [3.63, 3.8) is 0 Å².